The number of carbonyl (C=O) groups excluding carboxylic acids is 4. The minimum atomic E-state index is -0.917. The van der Waals surface area contributed by atoms with Crippen LogP contribution in [0.4, 0.5) is 0 Å². The number of cyclic esters (lactones) is 4. The second-order valence-corrected chi connectivity index (χ2v) is 19.3. The molecule has 2 heterocycles. The molecule has 2 aliphatic heterocycles. The SMILES string of the molecule is CCCCC/C=C/C(CC(CCCCCCCC(=O)O)C1CC(=O)OC1=O)OOC(C)C12CCC3C(C)(C(=O)O)CCCC3(C)C1CC(C(C)C)C1C(=O)OC(=O)C12. The summed E-state index contributed by atoms with van der Waals surface area (Å²) in [7, 11) is 0. The van der Waals surface area contributed by atoms with Gasteiger partial charge in [-0.2, -0.15) is 0 Å². The summed E-state index contributed by atoms with van der Waals surface area (Å²) in [5, 5.41) is 19.6. The largest absolute Gasteiger partial charge is 0.481 e. The number of carboxylic acid groups (broad SMARTS) is 2. The predicted molar refractivity (Wildman–Crippen MR) is 213 cm³/mol. The van der Waals surface area contributed by atoms with Crippen LogP contribution in [0, 0.1) is 63.6 Å². The van der Waals surface area contributed by atoms with Gasteiger partial charge in [0.15, 0.2) is 0 Å². The van der Waals surface area contributed by atoms with E-state index in [1.54, 1.807) is 0 Å². The molecule has 12 atom stereocenters. The Balaban J connectivity index is 1.44. The van der Waals surface area contributed by atoms with Gasteiger partial charge in [-0.3, -0.25) is 28.8 Å². The van der Waals surface area contributed by atoms with E-state index in [2.05, 4.69) is 33.8 Å². The van der Waals surface area contributed by atoms with Crippen molar-refractivity contribution in [1.82, 2.24) is 0 Å². The lowest BCUT2D eigenvalue weighted by molar-refractivity contribution is -0.378. The van der Waals surface area contributed by atoms with Crippen LogP contribution in [0.15, 0.2) is 12.2 Å². The molecule has 0 spiro atoms. The lowest BCUT2D eigenvalue weighted by Gasteiger charge is -2.67. The van der Waals surface area contributed by atoms with Gasteiger partial charge in [-0.25, -0.2) is 9.78 Å². The number of allylic oxidation sites excluding steroid dienone is 1. The van der Waals surface area contributed by atoms with Gasteiger partial charge in [0.1, 0.15) is 6.10 Å². The Kier molecular flexibility index (Phi) is 15.5. The first-order valence-corrected chi connectivity index (χ1v) is 22.4. The van der Waals surface area contributed by atoms with Gasteiger partial charge in [0, 0.05) is 11.8 Å². The van der Waals surface area contributed by atoms with E-state index in [0.717, 1.165) is 64.2 Å². The van der Waals surface area contributed by atoms with Gasteiger partial charge in [0.05, 0.1) is 35.7 Å². The van der Waals surface area contributed by atoms with Crippen LogP contribution in [-0.4, -0.2) is 58.2 Å². The molecule has 0 aromatic heterocycles. The second-order valence-electron chi connectivity index (χ2n) is 19.3. The van der Waals surface area contributed by atoms with Crippen LogP contribution in [0.1, 0.15) is 164 Å². The summed E-state index contributed by atoms with van der Waals surface area (Å²) in [6, 6.07) is 0. The zero-order valence-electron chi connectivity index (χ0n) is 35.8. The van der Waals surface area contributed by atoms with Crippen LogP contribution >= 0.6 is 0 Å². The summed E-state index contributed by atoms with van der Waals surface area (Å²) in [6.07, 6.45) is 15.7. The number of carbonyl (C=O) groups is 6. The maximum absolute atomic E-state index is 14.0. The molecule has 0 aromatic carbocycles. The topological polar surface area (TPSA) is 180 Å². The third-order valence-electron chi connectivity index (χ3n) is 15.6. The number of rotatable bonds is 22. The maximum atomic E-state index is 14.0. The number of hydrogen-bond acceptors (Lipinski definition) is 10. The highest BCUT2D eigenvalue weighted by atomic mass is 17.2. The molecule has 12 nitrogen and oxygen atoms in total. The van der Waals surface area contributed by atoms with Gasteiger partial charge in [-0.1, -0.05) is 84.8 Å². The number of carboxylic acids is 2. The van der Waals surface area contributed by atoms with Crippen molar-refractivity contribution in [2.75, 3.05) is 0 Å². The third kappa shape index (κ3) is 9.43. The summed E-state index contributed by atoms with van der Waals surface area (Å²) in [5.74, 6) is -6.21. The van der Waals surface area contributed by atoms with Gasteiger partial charge < -0.3 is 19.7 Å². The summed E-state index contributed by atoms with van der Waals surface area (Å²) in [6.45, 7) is 12.3. The summed E-state index contributed by atoms with van der Waals surface area (Å²) in [4.78, 5) is 89.8. The van der Waals surface area contributed by atoms with Crippen molar-refractivity contribution in [3.8, 4) is 0 Å². The zero-order valence-corrected chi connectivity index (χ0v) is 35.8. The van der Waals surface area contributed by atoms with Crippen molar-refractivity contribution < 1.29 is 58.2 Å². The van der Waals surface area contributed by atoms with E-state index < -0.39 is 82.0 Å². The highest BCUT2D eigenvalue weighted by Crippen LogP contribution is 2.72. The minimum Gasteiger partial charge on any atom is -0.481 e. The van der Waals surface area contributed by atoms with E-state index in [1.165, 1.54) is 0 Å². The molecule has 12 unspecified atom stereocenters. The van der Waals surface area contributed by atoms with Crippen molar-refractivity contribution in [2.24, 2.45) is 63.6 Å². The molecule has 5 fully saturated rings. The molecular weight excluding hydrogens is 744 g/mol. The first-order valence-electron chi connectivity index (χ1n) is 22.4. The van der Waals surface area contributed by atoms with Crippen LogP contribution in [-0.2, 0) is 48.0 Å². The first-order chi connectivity index (χ1) is 27.5. The fraction of sp³-hybridized carbons (Fsp3) is 0.826. The molecule has 0 bridgehead atoms. The Morgan fingerprint density at radius 1 is 0.862 bits per heavy atom. The van der Waals surface area contributed by atoms with E-state index in [4.69, 9.17) is 24.4 Å². The Hall–Kier alpha value is -3.12. The lowest BCUT2D eigenvalue weighted by atomic mass is 9.36. The third-order valence-corrected chi connectivity index (χ3v) is 15.6. The molecule has 0 amide bonds. The van der Waals surface area contributed by atoms with Crippen molar-refractivity contribution in [1.29, 1.82) is 0 Å². The summed E-state index contributed by atoms with van der Waals surface area (Å²) >= 11 is 0. The molecule has 12 heteroatoms. The number of unbranched alkanes of at least 4 members (excludes halogenated alkanes) is 7. The predicted octanol–water partition coefficient (Wildman–Crippen LogP) is 9.02. The molecular formula is C46H70O12. The van der Waals surface area contributed by atoms with Crippen molar-refractivity contribution >= 4 is 35.8 Å². The average molecular weight is 815 g/mol. The second kappa shape index (κ2) is 19.5. The van der Waals surface area contributed by atoms with Crippen LogP contribution in [0.2, 0.25) is 0 Å². The van der Waals surface area contributed by atoms with E-state index in [0.29, 0.717) is 44.9 Å². The summed E-state index contributed by atoms with van der Waals surface area (Å²) in [5.41, 5.74) is -2.23. The van der Waals surface area contributed by atoms with E-state index in [9.17, 15) is 33.9 Å². The smallest absolute Gasteiger partial charge is 0.318 e. The normalized spacial score (nSPS) is 34.9. The first kappa shape index (κ1) is 46.0. The molecule has 2 N–H and O–H groups in total. The van der Waals surface area contributed by atoms with Crippen LogP contribution in [0.5, 0.6) is 0 Å². The highest BCUT2D eigenvalue weighted by molar-refractivity contribution is 5.97. The highest BCUT2D eigenvalue weighted by Gasteiger charge is 2.73. The fourth-order valence-corrected chi connectivity index (χ4v) is 12.6. The monoisotopic (exact) mass is 814 g/mol. The minimum absolute atomic E-state index is 0.00232. The number of fused-ring (bicyclic) bond motifs is 5. The Morgan fingerprint density at radius 3 is 2.24 bits per heavy atom. The van der Waals surface area contributed by atoms with Gasteiger partial charge in [0.25, 0.3) is 0 Å². The van der Waals surface area contributed by atoms with E-state index >= 15 is 0 Å². The van der Waals surface area contributed by atoms with Crippen LogP contribution in [0.25, 0.3) is 0 Å². The zero-order chi connectivity index (χ0) is 42.4. The lowest BCUT2D eigenvalue weighted by Crippen LogP contribution is -2.67. The number of ether oxygens (including phenoxy) is 2. The molecule has 5 rings (SSSR count). The Bertz CT molecular complexity index is 1540. The van der Waals surface area contributed by atoms with Crippen molar-refractivity contribution in [3.63, 3.8) is 0 Å². The number of esters is 4. The van der Waals surface area contributed by atoms with Crippen LogP contribution < -0.4 is 0 Å². The Labute approximate surface area is 344 Å². The molecule has 326 valence electrons. The molecule has 3 saturated carbocycles. The molecule has 3 aliphatic carbocycles. The standard InChI is InChI=1S/C46H70O12/c1-7-8-9-11-15-19-31(25-30(33-27-37(49)55-40(33)50)18-14-12-10-13-16-20-36(47)48)58-57-29(4)46-24-21-34-44(5,22-17-23-45(34,6)43(53)54)35(46)26-32(28(2)3)38-39(46)42(52)56-41(38)51/h15,19,28-35,38-39H,7-14,16-18,20-27H2,1-6H3,(H,47,48)(H,53,54)/b19-15+. The van der Waals surface area contributed by atoms with Crippen LogP contribution in [0.3, 0.4) is 0 Å². The van der Waals surface area contributed by atoms with Gasteiger partial charge in [0.2, 0.25) is 0 Å². The summed E-state index contributed by atoms with van der Waals surface area (Å²) < 4.78 is 10.5. The Morgan fingerprint density at radius 2 is 1.59 bits per heavy atom. The van der Waals surface area contributed by atoms with Crippen molar-refractivity contribution in [2.45, 2.75) is 176 Å². The van der Waals surface area contributed by atoms with E-state index in [1.807, 2.05) is 19.9 Å². The van der Waals surface area contributed by atoms with E-state index in [-0.39, 0.29) is 42.4 Å². The average Bonchev–Trinajstić information content (AvgIpc) is 3.67. The number of hydrogen-bond donors (Lipinski definition) is 2. The van der Waals surface area contributed by atoms with Gasteiger partial charge >= 0.3 is 35.8 Å². The quantitative estimate of drug-likeness (QED) is 0.0265. The van der Waals surface area contributed by atoms with Crippen molar-refractivity contribution in [3.05, 3.63) is 12.2 Å². The fourth-order valence-electron chi connectivity index (χ4n) is 12.6. The molecule has 58 heavy (non-hydrogen) atoms. The number of aliphatic carboxylic acids is 2. The molecule has 0 aromatic rings. The molecule has 0 radical (unpaired) electrons. The molecule has 2 saturated heterocycles. The molecule has 5 aliphatic rings. The maximum Gasteiger partial charge on any atom is 0.318 e. The van der Waals surface area contributed by atoms with Gasteiger partial charge in [-0.05, 0) is 113 Å². The van der Waals surface area contributed by atoms with Gasteiger partial charge in [-0.15, -0.1) is 0 Å².